The van der Waals surface area contributed by atoms with Crippen LogP contribution in [0.25, 0.3) is 0 Å². The van der Waals surface area contributed by atoms with E-state index in [0.29, 0.717) is 39.8 Å². The molecule has 1 saturated heterocycles. The number of halogens is 2. The first-order chi connectivity index (χ1) is 18.0. The van der Waals surface area contributed by atoms with E-state index < -0.39 is 20.0 Å². The van der Waals surface area contributed by atoms with E-state index in [-0.39, 0.29) is 35.6 Å². The van der Waals surface area contributed by atoms with Crippen molar-refractivity contribution in [2.45, 2.75) is 30.4 Å². The molecule has 1 fully saturated rings. The Hall–Kier alpha value is -2.63. The van der Waals surface area contributed by atoms with Gasteiger partial charge in [0, 0.05) is 40.3 Å². The molecule has 0 radical (unpaired) electrons. The molecule has 202 valence electrons. The van der Waals surface area contributed by atoms with Crippen LogP contribution in [0, 0.1) is 12.8 Å². The summed E-state index contributed by atoms with van der Waals surface area (Å²) in [5.74, 6) is -0.933. The number of piperidine rings is 1. The number of nitrogens with one attached hydrogen (secondary N) is 2. The van der Waals surface area contributed by atoms with Crippen molar-refractivity contribution >= 4 is 60.5 Å². The molecule has 1 heterocycles. The molecule has 3 aromatic carbocycles. The lowest BCUT2D eigenvalue weighted by molar-refractivity contribution is -0.120. The average molecular weight is 597 g/mol. The molecule has 1 aliphatic rings. The van der Waals surface area contributed by atoms with E-state index in [0.717, 1.165) is 5.56 Å². The second kappa shape index (κ2) is 11.6. The largest absolute Gasteiger partial charge is 0.326 e. The van der Waals surface area contributed by atoms with E-state index in [9.17, 15) is 21.6 Å². The quantitative estimate of drug-likeness (QED) is 0.367. The smallest absolute Gasteiger partial charge is 0.261 e. The minimum Gasteiger partial charge on any atom is -0.326 e. The Labute approximate surface area is 233 Å². The summed E-state index contributed by atoms with van der Waals surface area (Å²) in [5, 5.41) is 3.38. The Morgan fingerprint density at radius 2 is 1.50 bits per heavy atom. The molecule has 12 heteroatoms. The molecule has 0 aliphatic carbocycles. The number of rotatable bonds is 8. The predicted molar refractivity (Wildman–Crippen MR) is 150 cm³/mol. The van der Waals surface area contributed by atoms with E-state index in [4.69, 9.17) is 23.2 Å². The van der Waals surface area contributed by atoms with Gasteiger partial charge in [0.2, 0.25) is 15.9 Å². The predicted octanol–water partition coefficient (Wildman–Crippen LogP) is 5.28. The summed E-state index contributed by atoms with van der Waals surface area (Å²) in [5.41, 5.74) is 2.10. The lowest BCUT2D eigenvalue weighted by Gasteiger charge is -2.30. The third-order valence-electron chi connectivity index (χ3n) is 6.43. The van der Waals surface area contributed by atoms with Crippen LogP contribution in [0.1, 0.15) is 24.0 Å². The van der Waals surface area contributed by atoms with Crippen LogP contribution >= 0.6 is 23.2 Å². The molecular formula is C26H27Cl2N3O5S2. The number of nitrogens with zero attached hydrogens (tertiary/aromatic N) is 1. The number of carbonyl (C=O) groups excluding carboxylic acids is 1. The normalized spacial score (nSPS) is 15.2. The SMILES string of the molecule is Cc1ccccc1NS(=O)(=O)c1ccc(NC(=O)C2CCN(S(=O)(=O)Cc3c(Cl)cccc3Cl)CC2)cc1. The molecule has 0 spiro atoms. The fraction of sp³-hybridized carbons (Fsp3) is 0.269. The number of sulfonamides is 2. The molecule has 0 bridgehead atoms. The van der Waals surface area contributed by atoms with Crippen LogP contribution in [0.5, 0.6) is 0 Å². The molecule has 4 rings (SSSR count). The summed E-state index contributed by atoms with van der Waals surface area (Å²) in [6, 6.07) is 17.8. The first-order valence-electron chi connectivity index (χ1n) is 11.9. The molecule has 0 unspecified atom stereocenters. The number of carbonyl (C=O) groups is 1. The second-order valence-electron chi connectivity index (χ2n) is 9.06. The van der Waals surface area contributed by atoms with Gasteiger partial charge in [0.15, 0.2) is 0 Å². The third-order valence-corrected chi connectivity index (χ3v) is 10.3. The van der Waals surface area contributed by atoms with Gasteiger partial charge in [-0.15, -0.1) is 0 Å². The van der Waals surface area contributed by atoms with Crippen molar-refractivity contribution in [3.8, 4) is 0 Å². The Morgan fingerprint density at radius 1 is 0.895 bits per heavy atom. The van der Waals surface area contributed by atoms with Gasteiger partial charge in [-0.3, -0.25) is 9.52 Å². The number of aryl methyl sites for hydroxylation is 1. The number of hydrogen-bond donors (Lipinski definition) is 2. The highest BCUT2D eigenvalue weighted by Crippen LogP contribution is 2.29. The highest BCUT2D eigenvalue weighted by atomic mass is 35.5. The number of amides is 1. The maximum atomic E-state index is 12.9. The van der Waals surface area contributed by atoms with Gasteiger partial charge < -0.3 is 5.32 Å². The van der Waals surface area contributed by atoms with Crippen LogP contribution < -0.4 is 10.0 Å². The van der Waals surface area contributed by atoms with E-state index in [2.05, 4.69) is 10.0 Å². The van der Waals surface area contributed by atoms with Gasteiger partial charge in [0.25, 0.3) is 10.0 Å². The summed E-state index contributed by atoms with van der Waals surface area (Å²) >= 11 is 12.3. The van der Waals surface area contributed by atoms with Crippen LogP contribution in [0.2, 0.25) is 10.0 Å². The van der Waals surface area contributed by atoms with Crippen molar-refractivity contribution in [2.24, 2.45) is 5.92 Å². The van der Waals surface area contributed by atoms with Crippen molar-refractivity contribution in [1.82, 2.24) is 4.31 Å². The summed E-state index contributed by atoms with van der Waals surface area (Å²) in [7, 11) is -7.46. The molecule has 38 heavy (non-hydrogen) atoms. The van der Waals surface area contributed by atoms with Gasteiger partial charge in [0.05, 0.1) is 16.3 Å². The van der Waals surface area contributed by atoms with Crippen LogP contribution in [-0.2, 0) is 30.6 Å². The van der Waals surface area contributed by atoms with Crippen molar-refractivity contribution in [3.63, 3.8) is 0 Å². The maximum absolute atomic E-state index is 12.9. The van der Waals surface area contributed by atoms with Crippen molar-refractivity contribution in [2.75, 3.05) is 23.1 Å². The standard InChI is InChI=1S/C26H27Cl2N3O5S2/c1-18-5-2-3-8-25(18)30-38(35,36)21-11-9-20(10-12-21)29-26(32)19-13-15-31(16-14-19)37(33,34)17-22-23(27)6-4-7-24(22)28/h2-12,19,30H,13-17H2,1H3,(H,29,32). The van der Waals surface area contributed by atoms with Crippen LogP contribution in [0.4, 0.5) is 11.4 Å². The summed E-state index contributed by atoms with van der Waals surface area (Å²) in [4.78, 5) is 12.9. The minimum atomic E-state index is -3.79. The fourth-order valence-corrected chi connectivity index (χ4v) is 7.64. The molecule has 3 aromatic rings. The number of anilines is 2. The van der Waals surface area contributed by atoms with Crippen molar-refractivity contribution < 1.29 is 21.6 Å². The monoisotopic (exact) mass is 595 g/mol. The highest BCUT2D eigenvalue weighted by molar-refractivity contribution is 7.92. The topological polar surface area (TPSA) is 113 Å². The first-order valence-corrected chi connectivity index (χ1v) is 15.7. The lowest BCUT2D eigenvalue weighted by atomic mass is 9.97. The van der Waals surface area contributed by atoms with Crippen LogP contribution in [0.3, 0.4) is 0 Å². The molecule has 1 amide bonds. The summed E-state index contributed by atoms with van der Waals surface area (Å²) < 4.78 is 55.2. The van der Waals surface area contributed by atoms with Crippen LogP contribution in [0.15, 0.2) is 71.6 Å². The average Bonchev–Trinajstić information content (AvgIpc) is 2.88. The Morgan fingerprint density at radius 3 is 2.11 bits per heavy atom. The highest BCUT2D eigenvalue weighted by Gasteiger charge is 2.32. The van der Waals surface area contributed by atoms with Crippen LogP contribution in [-0.4, -0.2) is 40.1 Å². The molecular weight excluding hydrogens is 569 g/mol. The number of benzene rings is 3. The van der Waals surface area contributed by atoms with E-state index >= 15 is 0 Å². The Balaban J connectivity index is 1.33. The molecule has 8 nitrogen and oxygen atoms in total. The summed E-state index contributed by atoms with van der Waals surface area (Å²) in [6.45, 7) is 2.21. The third kappa shape index (κ3) is 6.68. The van der Waals surface area contributed by atoms with E-state index in [1.165, 1.54) is 28.6 Å². The molecule has 0 atom stereocenters. The fourth-order valence-electron chi connectivity index (χ4n) is 4.19. The number of para-hydroxylation sites is 1. The van der Waals surface area contributed by atoms with Crippen molar-refractivity contribution in [1.29, 1.82) is 0 Å². The minimum absolute atomic E-state index is 0.0656. The van der Waals surface area contributed by atoms with Gasteiger partial charge in [-0.2, -0.15) is 0 Å². The number of hydrogen-bond acceptors (Lipinski definition) is 5. The van der Waals surface area contributed by atoms with Crippen molar-refractivity contribution in [3.05, 3.63) is 87.9 Å². The van der Waals surface area contributed by atoms with Gasteiger partial charge in [-0.05, 0) is 67.8 Å². The van der Waals surface area contributed by atoms with Gasteiger partial charge >= 0.3 is 0 Å². The maximum Gasteiger partial charge on any atom is 0.261 e. The molecule has 0 saturated carbocycles. The lowest BCUT2D eigenvalue weighted by Crippen LogP contribution is -2.42. The van der Waals surface area contributed by atoms with E-state index in [1.807, 2.05) is 19.1 Å². The molecule has 1 aliphatic heterocycles. The Bertz CT molecular complexity index is 1520. The summed E-state index contributed by atoms with van der Waals surface area (Å²) in [6.07, 6.45) is 0.711. The molecule has 2 N–H and O–H groups in total. The first kappa shape index (κ1) is 28.4. The van der Waals surface area contributed by atoms with E-state index in [1.54, 1.807) is 30.3 Å². The molecule has 0 aromatic heterocycles. The van der Waals surface area contributed by atoms with Gasteiger partial charge in [-0.25, -0.2) is 21.1 Å². The second-order valence-corrected chi connectivity index (χ2v) is 13.5. The Kier molecular flexibility index (Phi) is 8.68. The zero-order chi connectivity index (χ0) is 27.5. The zero-order valence-electron chi connectivity index (χ0n) is 20.5. The van der Waals surface area contributed by atoms with Gasteiger partial charge in [0.1, 0.15) is 0 Å². The van der Waals surface area contributed by atoms with Gasteiger partial charge in [-0.1, -0.05) is 47.5 Å². The zero-order valence-corrected chi connectivity index (χ0v) is 23.7.